The molecule has 0 spiro atoms. The van der Waals surface area contributed by atoms with Crippen molar-refractivity contribution < 1.29 is 0 Å². The molecule has 1 atom stereocenters. The topological polar surface area (TPSA) is 3.24 Å². The van der Waals surface area contributed by atoms with Crippen molar-refractivity contribution in [2.24, 2.45) is 0 Å². The van der Waals surface area contributed by atoms with Gasteiger partial charge in [-0.15, -0.1) is 0 Å². The van der Waals surface area contributed by atoms with Gasteiger partial charge in [0.25, 0.3) is 0 Å². The fourth-order valence-corrected chi connectivity index (χ4v) is 3.25. The van der Waals surface area contributed by atoms with Gasteiger partial charge >= 0.3 is 0 Å². The number of rotatable bonds is 3. The molecule has 1 aromatic rings. The lowest BCUT2D eigenvalue weighted by Gasteiger charge is -2.38. The second-order valence-electron chi connectivity index (χ2n) is 6.47. The molecule has 0 aliphatic carbocycles. The lowest BCUT2D eigenvalue weighted by atomic mass is 9.93. The van der Waals surface area contributed by atoms with Crippen LogP contribution in [-0.2, 0) is 6.42 Å². The third kappa shape index (κ3) is 2.77. The number of benzene rings is 1. The summed E-state index contributed by atoms with van der Waals surface area (Å²) in [6.45, 7) is 10.5. The first kappa shape index (κ1) is 13.6. The van der Waals surface area contributed by atoms with Crippen LogP contribution in [-0.4, -0.2) is 17.0 Å². The van der Waals surface area contributed by atoms with Crippen LogP contribution in [0.1, 0.15) is 64.1 Å². The van der Waals surface area contributed by atoms with Gasteiger partial charge in [-0.3, -0.25) is 4.90 Å². The molecule has 0 aromatic heterocycles. The minimum atomic E-state index is 0.278. The highest BCUT2D eigenvalue weighted by Crippen LogP contribution is 2.38. The Kier molecular flexibility index (Phi) is 4.11. The van der Waals surface area contributed by atoms with Crippen molar-refractivity contribution >= 4 is 0 Å². The molecule has 18 heavy (non-hydrogen) atoms. The van der Waals surface area contributed by atoms with E-state index in [0.717, 1.165) is 0 Å². The first-order valence-electron chi connectivity index (χ1n) is 7.38. The molecule has 1 heteroatoms. The van der Waals surface area contributed by atoms with E-state index in [1.54, 1.807) is 11.1 Å². The van der Waals surface area contributed by atoms with Crippen molar-refractivity contribution in [3.63, 3.8) is 0 Å². The summed E-state index contributed by atoms with van der Waals surface area (Å²) in [7, 11) is 0. The Hall–Kier alpha value is -0.820. The summed E-state index contributed by atoms with van der Waals surface area (Å²) in [5.41, 5.74) is 3.41. The maximum atomic E-state index is 2.68. The molecule has 0 amide bonds. The van der Waals surface area contributed by atoms with E-state index in [1.807, 2.05) is 0 Å². The van der Waals surface area contributed by atoms with Crippen LogP contribution in [0.5, 0.6) is 0 Å². The first-order valence-corrected chi connectivity index (χ1v) is 7.38. The summed E-state index contributed by atoms with van der Waals surface area (Å²) in [4.78, 5) is 2.68. The molecule has 0 bridgehead atoms. The minimum absolute atomic E-state index is 0.278. The minimum Gasteiger partial charge on any atom is -0.291 e. The SMILES string of the molecule is CCCc1ccccc1C1CCCN1C(C)(C)C. The Morgan fingerprint density at radius 3 is 2.61 bits per heavy atom. The summed E-state index contributed by atoms with van der Waals surface area (Å²) in [6.07, 6.45) is 5.10. The lowest BCUT2D eigenvalue weighted by molar-refractivity contribution is 0.121. The predicted molar refractivity (Wildman–Crippen MR) is 78.9 cm³/mol. The largest absolute Gasteiger partial charge is 0.291 e. The summed E-state index contributed by atoms with van der Waals surface area (Å²) in [5, 5.41) is 0. The summed E-state index contributed by atoms with van der Waals surface area (Å²) >= 11 is 0. The molecule has 100 valence electrons. The Morgan fingerprint density at radius 2 is 1.94 bits per heavy atom. The van der Waals surface area contributed by atoms with Crippen LogP contribution in [0.25, 0.3) is 0 Å². The zero-order chi connectivity index (χ0) is 13.2. The molecule has 1 aliphatic heterocycles. The zero-order valence-electron chi connectivity index (χ0n) is 12.4. The lowest BCUT2D eigenvalue weighted by Crippen LogP contribution is -2.40. The summed E-state index contributed by atoms with van der Waals surface area (Å²) in [6, 6.07) is 9.68. The zero-order valence-corrected chi connectivity index (χ0v) is 12.4. The van der Waals surface area contributed by atoms with Crippen molar-refractivity contribution in [2.45, 2.75) is 65.0 Å². The highest BCUT2D eigenvalue weighted by atomic mass is 15.2. The number of nitrogens with zero attached hydrogens (tertiary/aromatic N) is 1. The number of hydrogen-bond acceptors (Lipinski definition) is 1. The normalized spacial score (nSPS) is 21.4. The molecular formula is C17H27N. The molecule has 1 fully saturated rings. The molecule has 1 unspecified atom stereocenters. The maximum absolute atomic E-state index is 2.68. The van der Waals surface area contributed by atoms with Gasteiger partial charge in [-0.25, -0.2) is 0 Å². The molecule has 2 rings (SSSR count). The van der Waals surface area contributed by atoms with E-state index in [4.69, 9.17) is 0 Å². The molecular weight excluding hydrogens is 218 g/mol. The van der Waals surface area contributed by atoms with Gasteiger partial charge in [0.1, 0.15) is 0 Å². The van der Waals surface area contributed by atoms with E-state index in [2.05, 4.69) is 56.9 Å². The molecule has 0 radical (unpaired) electrons. The van der Waals surface area contributed by atoms with Crippen molar-refractivity contribution in [3.8, 4) is 0 Å². The summed E-state index contributed by atoms with van der Waals surface area (Å²) < 4.78 is 0. The third-order valence-corrected chi connectivity index (χ3v) is 4.05. The summed E-state index contributed by atoms with van der Waals surface area (Å²) in [5.74, 6) is 0. The van der Waals surface area contributed by atoms with Gasteiger partial charge in [0.15, 0.2) is 0 Å². The van der Waals surface area contributed by atoms with Crippen molar-refractivity contribution in [3.05, 3.63) is 35.4 Å². The second-order valence-corrected chi connectivity index (χ2v) is 6.47. The predicted octanol–water partition coefficient (Wildman–Crippen LogP) is 4.57. The Morgan fingerprint density at radius 1 is 1.22 bits per heavy atom. The quantitative estimate of drug-likeness (QED) is 0.753. The highest BCUT2D eigenvalue weighted by molar-refractivity contribution is 5.31. The maximum Gasteiger partial charge on any atom is 0.0356 e. The van der Waals surface area contributed by atoms with Gasteiger partial charge in [0.2, 0.25) is 0 Å². The molecule has 1 nitrogen and oxygen atoms in total. The third-order valence-electron chi connectivity index (χ3n) is 4.05. The van der Waals surface area contributed by atoms with Crippen molar-refractivity contribution in [1.29, 1.82) is 0 Å². The molecule has 1 heterocycles. The van der Waals surface area contributed by atoms with E-state index in [9.17, 15) is 0 Å². The average molecular weight is 245 g/mol. The molecule has 0 N–H and O–H groups in total. The molecule has 0 saturated carbocycles. The van der Waals surface area contributed by atoms with E-state index in [-0.39, 0.29) is 5.54 Å². The molecule has 1 saturated heterocycles. The van der Waals surface area contributed by atoms with Gasteiger partial charge in [0.05, 0.1) is 0 Å². The van der Waals surface area contributed by atoms with Crippen LogP contribution in [0.2, 0.25) is 0 Å². The highest BCUT2D eigenvalue weighted by Gasteiger charge is 2.34. The standard InChI is InChI=1S/C17H27N/c1-5-9-14-10-6-7-11-15(14)16-12-8-13-18(16)17(2,3)4/h6-7,10-11,16H,5,8-9,12-13H2,1-4H3. The first-order chi connectivity index (χ1) is 8.54. The van der Waals surface area contributed by atoms with Gasteiger partial charge in [0, 0.05) is 11.6 Å². The van der Waals surface area contributed by atoms with Crippen molar-refractivity contribution in [1.82, 2.24) is 4.90 Å². The van der Waals surface area contributed by atoms with Crippen LogP contribution in [0, 0.1) is 0 Å². The van der Waals surface area contributed by atoms with E-state index < -0.39 is 0 Å². The molecule has 1 aromatic carbocycles. The van der Waals surface area contributed by atoms with Gasteiger partial charge in [-0.05, 0) is 57.7 Å². The Bertz CT molecular complexity index is 389. The van der Waals surface area contributed by atoms with Crippen LogP contribution in [0.3, 0.4) is 0 Å². The van der Waals surface area contributed by atoms with Gasteiger partial charge in [-0.2, -0.15) is 0 Å². The van der Waals surface area contributed by atoms with E-state index in [0.29, 0.717) is 6.04 Å². The number of likely N-dealkylation sites (tertiary alicyclic amines) is 1. The fraction of sp³-hybridized carbons (Fsp3) is 0.647. The Balaban J connectivity index is 2.30. The van der Waals surface area contributed by atoms with E-state index in [1.165, 1.54) is 32.2 Å². The van der Waals surface area contributed by atoms with Crippen LogP contribution in [0.15, 0.2) is 24.3 Å². The van der Waals surface area contributed by atoms with Crippen molar-refractivity contribution in [2.75, 3.05) is 6.54 Å². The van der Waals surface area contributed by atoms with Crippen LogP contribution >= 0.6 is 0 Å². The second kappa shape index (κ2) is 5.44. The Labute approximate surface area is 112 Å². The number of hydrogen-bond donors (Lipinski definition) is 0. The van der Waals surface area contributed by atoms with Gasteiger partial charge in [-0.1, -0.05) is 37.6 Å². The van der Waals surface area contributed by atoms with Gasteiger partial charge < -0.3 is 0 Å². The van der Waals surface area contributed by atoms with Crippen LogP contribution in [0.4, 0.5) is 0 Å². The smallest absolute Gasteiger partial charge is 0.0356 e. The average Bonchev–Trinajstić information content (AvgIpc) is 2.78. The fourth-order valence-electron chi connectivity index (χ4n) is 3.25. The molecule has 1 aliphatic rings. The monoisotopic (exact) mass is 245 g/mol. The van der Waals surface area contributed by atoms with E-state index >= 15 is 0 Å². The van der Waals surface area contributed by atoms with Crippen LogP contribution < -0.4 is 0 Å². The number of aryl methyl sites for hydroxylation is 1.